The molecule has 0 radical (unpaired) electrons. The van der Waals surface area contributed by atoms with Crippen LogP contribution < -0.4 is 10.6 Å². The lowest BCUT2D eigenvalue weighted by atomic mass is 10.1. The average Bonchev–Trinajstić information content (AvgIpc) is 2.52. The predicted molar refractivity (Wildman–Crippen MR) is 89.9 cm³/mol. The average molecular weight is 325 g/mol. The molecular formula is C17H25ClN2O2. The number of nitrogens with one attached hydrogen (secondary N) is 2. The van der Waals surface area contributed by atoms with Gasteiger partial charge in [-0.3, -0.25) is 9.59 Å². The highest BCUT2D eigenvalue weighted by molar-refractivity contribution is 6.35. The zero-order valence-electron chi connectivity index (χ0n) is 13.2. The van der Waals surface area contributed by atoms with E-state index in [9.17, 15) is 9.59 Å². The van der Waals surface area contributed by atoms with Gasteiger partial charge in [0.15, 0.2) is 0 Å². The monoisotopic (exact) mass is 324 g/mol. The molecule has 0 atom stereocenters. The van der Waals surface area contributed by atoms with Crippen molar-refractivity contribution in [3.63, 3.8) is 0 Å². The first-order valence-corrected chi connectivity index (χ1v) is 8.31. The SMILES string of the molecule is CCCCCCCNC(=O)C(=O)NCCc1ccc(Cl)cc1. The van der Waals surface area contributed by atoms with E-state index in [0.29, 0.717) is 24.5 Å². The van der Waals surface area contributed by atoms with Gasteiger partial charge in [0.25, 0.3) is 0 Å². The number of hydrogen-bond donors (Lipinski definition) is 2. The molecule has 5 heteroatoms. The lowest BCUT2D eigenvalue weighted by molar-refractivity contribution is -0.139. The number of amides is 2. The standard InChI is InChI=1S/C17H25ClN2O2/c1-2-3-4-5-6-12-19-16(21)17(22)20-13-11-14-7-9-15(18)10-8-14/h7-10H,2-6,11-13H2,1H3,(H,19,21)(H,20,22). The maximum Gasteiger partial charge on any atom is 0.309 e. The van der Waals surface area contributed by atoms with Crippen LogP contribution in [0.5, 0.6) is 0 Å². The van der Waals surface area contributed by atoms with Crippen molar-refractivity contribution in [2.45, 2.75) is 45.4 Å². The third-order valence-electron chi connectivity index (χ3n) is 3.38. The summed E-state index contributed by atoms with van der Waals surface area (Å²) in [5, 5.41) is 5.96. The van der Waals surface area contributed by atoms with Crippen LogP contribution in [0, 0.1) is 0 Å². The van der Waals surface area contributed by atoms with E-state index in [1.54, 1.807) is 0 Å². The topological polar surface area (TPSA) is 58.2 Å². The first-order valence-electron chi connectivity index (χ1n) is 7.94. The van der Waals surface area contributed by atoms with Gasteiger partial charge in [-0.05, 0) is 30.5 Å². The van der Waals surface area contributed by atoms with Crippen LogP contribution in [-0.2, 0) is 16.0 Å². The third kappa shape index (κ3) is 8.03. The van der Waals surface area contributed by atoms with E-state index in [4.69, 9.17) is 11.6 Å². The van der Waals surface area contributed by atoms with E-state index < -0.39 is 11.8 Å². The van der Waals surface area contributed by atoms with E-state index >= 15 is 0 Å². The minimum Gasteiger partial charge on any atom is -0.348 e. The summed E-state index contributed by atoms with van der Waals surface area (Å²) in [5.74, 6) is -1.12. The first kappa shape index (κ1) is 18.5. The molecule has 2 N–H and O–H groups in total. The molecule has 0 spiro atoms. The minimum absolute atomic E-state index is 0.435. The summed E-state index contributed by atoms with van der Waals surface area (Å²) < 4.78 is 0. The molecule has 0 bridgehead atoms. The van der Waals surface area contributed by atoms with Gasteiger partial charge < -0.3 is 10.6 Å². The van der Waals surface area contributed by atoms with Crippen LogP contribution in [-0.4, -0.2) is 24.9 Å². The number of rotatable bonds is 9. The van der Waals surface area contributed by atoms with E-state index in [-0.39, 0.29) is 0 Å². The normalized spacial score (nSPS) is 10.3. The summed E-state index contributed by atoms with van der Waals surface area (Å²) >= 11 is 5.80. The number of benzene rings is 1. The smallest absolute Gasteiger partial charge is 0.309 e. The zero-order valence-corrected chi connectivity index (χ0v) is 13.9. The second-order valence-electron chi connectivity index (χ2n) is 5.30. The van der Waals surface area contributed by atoms with E-state index in [0.717, 1.165) is 18.4 Å². The fraction of sp³-hybridized carbons (Fsp3) is 0.529. The molecule has 22 heavy (non-hydrogen) atoms. The Morgan fingerprint density at radius 1 is 0.909 bits per heavy atom. The van der Waals surface area contributed by atoms with Crippen molar-refractivity contribution in [1.29, 1.82) is 0 Å². The Hall–Kier alpha value is -1.55. The molecule has 4 nitrogen and oxygen atoms in total. The number of halogens is 1. The Balaban J connectivity index is 2.11. The summed E-state index contributed by atoms with van der Waals surface area (Å²) in [7, 11) is 0. The molecule has 0 aliphatic carbocycles. The van der Waals surface area contributed by atoms with Gasteiger partial charge in [-0.25, -0.2) is 0 Å². The van der Waals surface area contributed by atoms with Crippen LogP contribution in [0.15, 0.2) is 24.3 Å². The summed E-state index contributed by atoms with van der Waals surface area (Å²) in [6, 6.07) is 7.43. The maximum absolute atomic E-state index is 11.6. The molecule has 0 aliphatic rings. The minimum atomic E-state index is -0.567. The second-order valence-corrected chi connectivity index (χ2v) is 5.74. The zero-order chi connectivity index (χ0) is 16.2. The van der Waals surface area contributed by atoms with Gasteiger partial charge in [-0.1, -0.05) is 56.3 Å². The third-order valence-corrected chi connectivity index (χ3v) is 3.64. The number of unbranched alkanes of at least 4 members (excludes halogenated alkanes) is 4. The fourth-order valence-electron chi connectivity index (χ4n) is 2.06. The first-order chi connectivity index (χ1) is 10.6. The lowest BCUT2D eigenvalue weighted by Crippen LogP contribution is -2.40. The van der Waals surface area contributed by atoms with Crippen LogP contribution >= 0.6 is 11.6 Å². The van der Waals surface area contributed by atoms with Gasteiger partial charge in [0, 0.05) is 18.1 Å². The highest BCUT2D eigenvalue weighted by atomic mass is 35.5. The van der Waals surface area contributed by atoms with Crippen LogP contribution in [0.3, 0.4) is 0 Å². The van der Waals surface area contributed by atoms with E-state index in [1.165, 1.54) is 19.3 Å². The van der Waals surface area contributed by atoms with Crippen molar-refractivity contribution in [2.24, 2.45) is 0 Å². The molecule has 0 saturated carbocycles. The van der Waals surface area contributed by atoms with Gasteiger partial charge in [-0.15, -0.1) is 0 Å². The summed E-state index contributed by atoms with van der Waals surface area (Å²) in [6.45, 7) is 3.16. The molecule has 0 heterocycles. The molecule has 0 saturated heterocycles. The Labute approximate surface area is 137 Å². The fourth-order valence-corrected chi connectivity index (χ4v) is 2.19. The Bertz CT molecular complexity index is 460. The van der Waals surface area contributed by atoms with Crippen molar-refractivity contribution >= 4 is 23.4 Å². The summed E-state index contributed by atoms with van der Waals surface area (Å²) in [4.78, 5) is 23.2. The van der Waals surface area contributed by atoms with Gasteiger partial charge in [-0.2, -0.15) is 0 Å². The van der Waals surface area contributed by atoms with Gasteiger partial charge >= 0.3 is 11.8 Å². The van der Waals surface area contributed by atoms with Gasteiger partial charge in [0.05, 0.1) is 0 Å². The highest BCUT2D eigenvalue weighted by Gasteiger charge is 2.11. The van der Waals surface area contributed by atoms with Crippen LogP contribution in [0.2, 0.25) is 5.02 Å². The van der Waals surface area contributed by atoms with E-state index in [1.807, 2.05) is 24.3 Å². The molecule has 1 rings (SSSR count). The van der Waals surface area contributed by atoms with Crippen LogP contribution in [0.4, 0.5) is 0 Å². The predicted octanol–water partition coefficient (Wildman–Crippen LogP) is 3.09. The van der Waals surface area contributed by atoms with Crippen molar-refractivity contribution in [2.75, 3.05) is 13.1 Å². The summed E-state index contributed by atoms with van der Waals surface area (Å²) in [6.07, 6.45) is 6.28. The van der Waals surface area contributed by atoms with Crippen molar-refractivity contribution in [1.82, 2.24) is 10.6 Å². The molecule has 1 aromatic carbocycles. The quantitative estimate of drug-likeness (QED) is 0.541. The largest absolute Gasteiger partial charge is 0.348 e. The van der Waals surface area contributed by atoms with Gasteiger partial charge in [0.2, 0.25) is 0 Å². The van der Waals surface area contributed by atoms with E-state index in [2.05, 4.69) is 17.6 Å². The molecular weight excluding hydrogens is 300 g/mol. The molecule has 2 amide bonds. The molecule has 122 valence electrons. The summed E-state index contributed by atoms with van der Waals surface area (Å²) in [5.41, 5.74) is 1.07. The number of hydrogen-bond acceptors (Lipinski definition) is 2. The second kappa shape index (κ2) is 11.1. The molecule has 1 aromatic rings. The Morgan fingerprint density at radius 3 is 2.14 bits per heavy atom. The van der Waals surface area contributed by atoms with Crippen LogP contribution in [0.1, 0.15) is 44.6 Å². The molecule has 0 aliphatic heterocycles. The number of carbonyl (C=O) groups excluding carboxylic acids is 2. The highest BCUT2D eigenvalue weighted by Crippen LogP contribution is 2.09. The molecule has 0 fully saturated rings. The maximum atomic E-state index is 11.6. The van der Waals surface area contributed by atoms with Crippen LogP contribution in [0.25, 0.3) is 0 Å². The van der Waals surface area contributed by atoms with Crippen molar-refractivity contribution < 1.29 is 9.59 Å². The Kier molecular flexibility index (Phi) is 9.31. The molecule has 0 aromatic heterocycles. The van der Waals surface area contributed by atoms with Crippen molar-refractivity contribution in [3.05, 3.63) is 34.9 Å². The Morgan fingerprint density at radius 2 is 1.50 bits per heavy atom. The van der Waals surface area contributed by atoms with Crippen molar-refractivity contribution in [3.8, 4) is 0 Å². The lowest BCUT2D eigenvalue weighted by Gasteiger charge is -2.07. The molecule has 0 unspecified atom stereocenters. The number of carbonyl (C=O) groups is 2. The van der Waals surface area contributed by atoms with Gasteiger partial charge in [0.1, 0.15) is 0 Å².